The van der Waals surface area contributed by atoms with Gasteiger partial charge in [-0.05, 0) is 44.1 Å². The maximum Gasteiger partial charge on any atom is 0.129 e. The highest BCUT2D eigenvalue weighted by Gasteiger charge is 2.13. The lowest BCUT2D eigenvalue weighted by Crippen LogP contribution is -2.09. The van der Waals surface area contributed by atoms with Gasteiger partial charge in [0, 0.05) is 18.3 Å². The van der Waals surface area contributed by atoms with E-state index >= 15 is 0 Å². The Morgan fingerprint density at radius 2 is 0.558 bits per heavy atom. The molecule has 251 valence electrons. The highest BCUT2D eigenvalue weighted by atomic mass is 14.9. The molecule has 1 rings (SSSR count). The quantitative estimate of drug-likeness (QED) is 0.0753. The number of hydrogen-bond acceptors (Lipinski definition) is 2. The predicted molar refractivity (Wildman–Crippen MR) is 193 cm³/mol. The Kier molecular flexibility index (Phi) is 29.0. The van der Waals surface area contributed by atoms with E-state index in [-0.39, 0.29) is 0 Å². The maximum atomic E-state index is 4.95. The van der Waals surface area contributed by atoms with Crippen molar-refractivity contribution in [2.45, 2.75) is 233 Å². The Labute approximate surface area is 271 Å². The molecule has 0 aliphatic rings. The molecule has 0 aromatic carbocycles. The van der Waals surface area contributed by atoms with Gasteiger partial charge in [0.1, 0.15) is 5.82 Å². The number of unbranched alkanes of at least 4 members (excludes halogenated alkanes) is 27. The van der Waals surface area contributed by atoms with Crippen LogP contribution in [0.15, 0.2) is 0 Å². The Bertz CT molecular complexity index is 667. The molecule has 0 atom stereocenters. The van der Waals surface area contributed by atoms with Crippen LogP contribution in [0.25, 0.3) is 0 Å². The second-order valence-electron chi connectivity index (χ2n) is 13.8. The van der Waals surface area contributed by atoms with Crippen molar-refractivity contribution in [1.29, 1.82) is 0 Å². The summed E-state index contributed by atoms with van der Waals surface area (Å²) in [6.45, 7) is 11.1. The third-order valence-electron chi connectivity index (χ3n) is 9.54. The van der Waals surface area contributed by atoms with Crippen molar-refractivity contribution in [2.24, 2.45) is 0 Å². The van der Waals surface area contributed by atoms with Gasteiger partial charge in [-0.1, -0.05) is 194 Å². The van der Waals surface area contributed by atoms with Gasteiger partial charge < -0.3 is 0 Å². The van der Waals surface area contributed by atoms with Crippen LogP contribution in [0.1, 0.15) is 236 Å². The summed E-state index contributed by atoms with van der Waals surface area (Å²) >= 11 is 0. The summed E-state index contributed by atoms with van der Waals surface area (Å²) in [5.41, 5.74) is 4.20. The normalized spacial score (nSPS) is 11.5. The minimum atomic E-state index is 0.760. The molecule has 1 heterocycles. The second-order valence-corrected chi connectivity index (χ2v) is 13.8. The van der Waals surface area contributed by atoms with Gasteiger partial charge >= 0.3 is 0 Å². The van der Waals surface area contributed by atoms with Crippen molar-refractivity contribution in [2.75, 3.05) is 0 Å². The summed E-state index contributed by atoms with van der Waals surface area (Å²) in [7, 11) is 0. The molecule has 2 nitrogen and oxygen atoms in total. The molecule has 1 radical (unpaired) electrons. The van der Waals surface area contributed by atoms with Gasteiger partial charge in [0.05, 0.1) is 0 Å². The standard InChI is InChI=1S/C41H77N2/c1-5-8-11-14-17-20-23-26-29-32-35-39-40(36-33-30-27-24-21-18-15-12-9-6-2)42-38(4)43-41(39)37-34-31-28-25-22-19-16-13-10-7-3/h4-37H2,1-3H3. The molecule has 2 heteroatoms. The van der Waals surface area contributed by atoms with E-state index in [1.54, 1.807) is 0 Å². The SMILES string of the molecule is [CH2]c1nc(CCCCCCCCCCCC)c(CCCCCCCCCCCC)c(CCCCCCCCCCCC)n1. The Morgan fingerprint density at radius 1 is 0.326 bits per heavy atom. The fourth-order valence-electron chi connectivity index (χ4n) is 6.69. The minimum Gasteiger partial charge on any atom is -0.238 e. The van der Waals surface area contributed by atoms with Gasteiger partial charge in [0.25, 0.3) is 0 Å². The monoisotopic (exact) mass is 598 g/mol. The lowest BCUT2D eigenvalue weighted by Gasteiger charge is -2.15. The molecule has 0 spiro atoms. The summed E-state index contributed by atoms with van der Waals surface area (Å²) in [4.78, 5) is 9.90. The smallest absolute Gasteiger partial charge is 0.129 e. The van der Waals surface area contributed by atoms with Gasteiger partial charge in [-0.2, -0.15) is 0 Å². The lowest BCUT2D eigenvalue weighted by atomic mass is 9.96. The van der Waals surface area contributed by atoms with E-state index in [4.69, 9.17) is 9.97 Å². The van der Waals surface area contributed by atoms with E-state index in [9.17, 15) is 0 Å². The molecule has 0 N–H and O–H groups in total. The topological polar surface area (TPSA) is 25.8 Å². The summed E-state index contributed by atoms with van der Waals surface area (Å²) in [6, 6.07) is 0. The molecule has 0 unspecified atom stereocenters. The summed E-state index contributed by atoms with van der Waals surface area (Å²) < 4.78 is 0. The van der Waals surface area contributed by atoms with Crippen molar-refractivity contribution < 1.29 is 0 Å². The van der Waals surface area contributed by atoms with Crippen molar-refractivity contribution in [3.05, 3.63) is 29.7 Å². The predicted octanol–water partition coefficient (Wildman–Crippen LogP) is 14.0. The lowest BCUT2D eigenvalue weighted by molar-refractivity contribution is 0.548. The fraction of sp³-hybridized carbons (Fsp3) is 0.878. The highest BCUT2D eigenvalue weighted by Crippen LogP contribution is 2.22. The van der Waals surface area contributed by atoms with Crippen LogP contribution in [0.2, 0.25) is 0 Å². The number of aromatic nitrogens is 2. The molecule has 0 fully saturated rings. The Morgan fingerprint density at radius 3 is 0.837 bits per heavy atom. The first-order valence-corrected chi connectivity index (χ1v) is 19.9. The zero-order chi connectivity index (χ0) is 31.1. The van der Waals surface area contributed by atoms with Crippen LogP contribution in [0.4, 0.5) is 0 Å². The third kappa shape index (κ3) is 24.0. The number of hydrogen-bond donors (Lipinski definition) is 0. The molecular weight excluding hydrogens is 520 g/mol. The molecule has 1 aromatic heterocycles. The van der Waals surface area contributed by atoms with E-state index in [0.29, 0.717) is 0 Å². The number of nitrogens with zero attached hydrogens (tertiary/aromatic N) is 2. The van der Waals surface area contributed by atoms with Crippen LogP contribution in [-0.4, -0.2) is 9.97 Å². The summed E-state index contributed by atoms with van der Waals surface area (Å²) in [6.07, 6.45) is 45.2. The largest absolute Gasteiger partial charge is 0.238 e. The fourth-order valence-corrected chi connectivity index (χ4v) is 6.69. The molecule has 0 amide bonds. The van der Waals surface area contributed by atoms with E-state index in [2.05, 4.69) is 27.7 Å². The average Bonchev–Trinajstić information content (AvgIpc) is 3.00. The maximum absolute atomic E-state index is 4.95. The molecule has 0 saturated carbocycles. The first kappa shape index (κ1) is 40.1. The van der Waals surface area contributed by atoms with Crippen molar-refractivity contribution in [3.8, 4) is 0 Å². The zero-order valence-electron chi connectivity index (χ0n) is 29.9. The van der Waals surface area contributed by atoms with Gasteiger partial charge in [-0.3, -0.25) is 0 Å². The molecule has 43 heavy (non-hydrogen) atoms. The van der Waals surface area contributed by atoms with Crippen LogP contribution >= 0.6 is 0 Å². The van der Waals surface area contributed by atoms with Gasteiger partial charge in [0.15, 0.2) is 0 Å². The van der Waals surface area contributed by atoms with Crippen LogP contribution in [0.3, 0.4) is 0 Å². The highest BCUT2D eigenvalue weighted by molar-refractivity contribution is 5.27. The van der Waals surface area contributed by atoms with E-state index in [1.807, 2.05) is 0 Å². The van der Waals surface area contributed by atoms with Crippen LogP contribution in [0, 0.1) is 6.92 Å². The van der Waals surface area contributed by atoms with Crippen LogP contribution in [0.5, 0.6) is 0 Å². The molecule has 0 bridgehead atoms. The number of aryl methyl sites for hydroxylation is 2. The molecular formula is C41H77N2. The third-order valence-corrected chi connectivity index (χ3v) is 9.54. The number of rotatable bonds is 33. The first-order chi connectivity index (χ1) is 21.2. The van der Waals surface area contributed by atoms with E-state index < -0.39 is 0 Å². The van der Waals surface area contributed by atoms with Crippen molar-refractivity contribution in [1.82, 2.24) is 9.97 Å². The van der Waals surface area contributed by atoms with E-state index in [1.165, 1.54) is 216 Å². The van der Waals surface area contributed by atoms with Crippen LogP contribution < -0.4 is 0 Å². The molecule has 0 aliphatic heterocycles. The van der Waals surface area contributed by atoms with E-state index in [0.717, 1.165) is 18.7 Å². The van der Waals surface area contributed by atoms with Crippen molar-refractivity contribution >= 4 is 0 Å². The minimum absolute atomic E-state index is 0.760. The Hall–Kier alpha value is -0.920. The molecule has 1 aromatic rings. The zero-order valence-corrected chi connectivity index (χ0v) is 29.9. The van der Waals surface area contributed by atoms with Crippen molar-refractivity contribution in [3.63, 3.8) is 0 Å². The first-order valence-electron chi connectivity index (χ1n) is 19.9. The van der Waals surface area contributed by atoms with Gasteiger partial charge in [-0.15, -0.1) is 0 Å². The Balaban J connectivity index is 2.50. The van der Waals surface area contributed by atoms with Gasteiger partial charge in [0.2, 0.25) is 0 Å². The molecule has 0 saturated heterocycles. The second kappa shape index (κ2) is 31.1. The summed E-state index contributed by atoms with van der Waals surface area (Å²) in [5, 5.41) is 0. The van der Waals surface area contributed by atoms with Gasteiger partial charge in [-0.25, -0.2) is 9.97 Å². The van der Waals surface area contributed by atoms with Crippen LogP contribution in [-0.2, 0) is 19.3 Å². The molecule has 0 aliphatic carbocycles. The average molecular weight is 598 g/mol. The summed E-state index contributed by atoms with van der Waals surface area (Å²) in [5.74, 6) is 0.760.